The number of carbonyl (C=O) groups is 1. The van der Waals surface area contributed by atoms with Crippen molar-refractivity contribution >= 4 is 5.91 Å². The summed E-state index contributed by atoms with van der Waals surface area (Å²) in [5.74, 6) is 0.0761. The highest BCUT2D eigenvalue weighted by atomic mass is 16.5. The van der Waals surface area contributed by atoms with E-state index in [1.165, 1.54) is 5.56 Å². The summed E-state index contributed by atoms with van der Waals surface area (Å²) >= 11 is 0. The number of nitrogens with zero attached hydrogens (tertiary/aromatic N) is 4. The molecule has 0 radical (unpaired) electrons. The second-order valence-electron chi connectivity index (χ2n) is 6.64. The predicted octanol–water partition coefficient (Wildman–Crippen LogP) is 1.49. The van der Waals surface area contributed by atoms with Crippen molar-refractivity contribution in [2.75, 3.05) is 33.8 Å². The van der Waals surface area contributed by atoms with Crippen LogP contribution < -0.4 is 0 Å². The molecule has 6 heteroatoms. The van der Waals surface area contributed by atoms with Gasteiger partial charge in [-0.1, -0.05) is 30.3 Å². The Morgan fingerprint density at radius 3 is 2.72 bits per heavy atom. The molecule has 2 atom stereocenters. The summed E-state index contributed by atoms with van der Waals surface area (Å²) in [6.07, 6.45) is 2.03. The quantitative estimate of drug-likeness (QED) is 0.826. The zero-order chi connectivity index (χ0) is 17.8. The maximum Gasteiger partial charge on any atom is 0.228 e. The van der Waals surface area contributed by atoms with Crippen LogP contribution in [0.2, 0.25) is 0 Å². The first kappa shape index (κ1) is 17.6. The molecule has 1 aliphatic heterocycles. The third-order valence-corrected chi connectivity index (χ3v) is 4.88. The fraction of sp³-hybridized carbons (Fsp3) is 0.474. The summed E-state index contributed by atoms with van der Waals surface area (Å²) < 4.78 is 7.78. The monoisotopic (exact) mass is 342 g/mol. The SMILES string of the molecule is CN(C[C@@H]1OCCN(C)[C@H]1c1ccccc1)C(=O)Cc1ccnn1C. The second-order valence-corrected chi connectivity index (χ2v) is 6.64. The van der Waals surface area contributed by atoms with Crippen LogP contribution in [0.1, 0.15) is 17.3 Å². The molecule has 3 rings (SSSR count). The van der Waals surface area contributed by atoms with E-state index in [2.05, 4.69) is 29.2 Å². The van der Waals surface area contributed by atoms with E-state index in [9.17, 15) is 4.79 Å². The van der Waals surface area contributed by atoms with Crippen LogP contribution in [0.25, 0.3) is 0 Å². The lowest BCUT2D eigenvalue weighted by Crippen LogP contribution is -2.48. The lowest BCUT2D eigenvalue weighted by atomic mass is 9.98. The van der Waals surface area contributed by atoms with Crippen molar-refractivity contribution in [2.24, 2.45) is 7.05 Å². The first-order valence-corrected chi connectivity index (χ1v) is 8.64. The molecule has 2 aromatic rings. The van der Waals surface area contributed by atoms with Crippen LogP contribution >= 0.6 is 0 Å². The van der Waals surface area contributed by atoms with Crippen LogP contribution in [0, 0.1) is 0 Å². The highest BCUT2D eigenvalue weighted by Gasteiger charge is 2.33. The van der Waals surface area contributed by atoms with Gasteiger partial charge in [-0.25, -0.2) is 0 Å². The van der Waals surface area contributed by atoms with Crippen molar-refractivity contribution in [3.8, 4) is 0 Å². The number of rotatable bonds is 5. The van der Waals surface area contributed by atoms with E-state index in [1.54, 1.807) is 15.8 Å². The number of benzene rings is 1. The Labute approximate surface area is 149 Å². The average Bonchev–Trinajstić information content (AvgIpc) is 3.00. The molecule has 134 valence electrons. The number of hydrogen-bond acceptors (Lipinski definition) is 4. The van der Waals surface area contributed by atoms with Crippen LogP contribution in [-0.2, 0) is 23.0 Å². The first-order chi connectivity index (χ1) is 12.1. The third kappa shape index (κ3) is 4.08. The molecule has 1 saturated heterocycles. The summed E-state index contributed by atoms with van der Waals surface area (Å²) in [5, 5.41) is 4.12. The first-order valence-electron chi connectivity index (χ1n) is 8.64. The molecule has 1 amide bonds. The zero-order valence-corrected chi connectivity index (χ0v) is 15.1. The van der Waals surface area contributed by atoms with Gasteiger partial charge in [0, 0.05) is 39.1 Å². The Balaban J connectivity index is 1.68. The summed E-state index contributed by atoms with van der Waals surface area (Å²) in [6, 6.07) is 12.4. The van der Waals surface area contributed by atoms with Gasteiger partial charge in [-0.15, -0.1) is 0 Å². The number of aryl methyl sites for hydroxylation is 1. The number of likely N-dealkylation sites (N-methyl/N-ethyl adjacent to an activating group) is 2. The van der Waals surface area contributed by atoms with Gasteiger partial charge in [-0.05, 0) is 18.7 Å². The van der Waals surface area contributed by atoms with Gasteiger partial charge < -0.3 is 9.64 Å². The van der Waals surface area contributed by atoms with Crippen molar-refractivity contribution in [1.29, 1.82) is 0 Å². The summed E-state index contributed by atoms with van der Waals surface area (Å²) in [7, 11) is 5.82. The van der Waals surface area contributed by atoms with Gasteiger partial charge in [0.2, 0.25) is 5.91 Å². The predicted molar refractivity (Wildman–Crippen MR) is 96.1 cm³/mol. The Bertz CT molecular complexity index is 700. The third-order valence-electron chi connectivity index (χ3n) is 4.88. The van der Waals surface area contributed by atoms with E-state index >= 15 is 0 Å². The zero-order valence-electron chi connectivity index (χ0n) is 15.1. The van der Waals surface area contributed by atoms with Crippen molar-refractivity contribution < 1.29 is 9.53 Å². The molecule has 0 bridgehead atoms. The minimum Gasteiger partial charge on any atom is -0.373 e. The van der Waals surface area contributed by atoms with Gasteiger partial charge in [0.25, 0.3) is 0 Å². The standard InChI is InChI=1S/C19H26N4O2/c1-21-11-12-25-17(19(21)15-7-5-4-6-8-15)14-22(2)18(24)13-16-9-10-20-23(16)3/h4-10,17,19H,11-14H2,1-3H3/t17-,19-/m0/s1. The van der Waals surface area contributed by atoms with Crippen molar-refractivity contribution in [3.63, 3.8) is 0 Å². The molecule has 0 saturated carbocycles. The number of amides is 1. The van der Waals surface area contributed by atoms with E-state index in [-0.39, 0.29) is 18.1 Å². The van der Waals surface area contributed by atoms with Crippen LogP contribution in [0.5, 0.6) is 0 Å². The smallest absolute Gasteiger partial charge is 0.228 e. The van der Waals surface area contributed by atoms with Crippen molar-refractivity contribution in [3.05, 3.63) is 53.9 Å². The molecule has 1 aromatic carbocycles. The van der Waals surface area contributed by atoms with E-state index in [0.29, 0.717) is 19.6 Å². The van der Waals surface area contributed by atoms with Crippen LogP contribution in [0.3, 0.4) is 0 Å². The fourth-order valence-corrected chi connectivity index (χ4v) is 3.37. The van der Waals surface area contributed by atoms with E-state index in [4.69, 9.17) is 4.74 Å². The normalized spacial score (nSPS) is 21.2. The lowest BCUT2D eigenvalue weighted by Gasteiger charge is -2.40. The van der Waals surface area contributed by atoms with E-state index < -0.39 is 0 Å². The van der Waals surface area contributed by atoms with E-state index in [1.807, 2.05) is 38.4 Å². The molecule has 6 nitrogen and oxygen atoms in total. The number of aromatic nitrogens is 2. The van der Waals surface area contributed by atoms with Gasteiger partial charge in [-0.3, -0.25) is 14.4 Å². The molecule has 2 heterocycles. The van der Waals surface area contributed by atoms with E-state index in [0.717, 1.165) is 12.2 Å². The largest absolute Gasteiger partial charge is 0.373 e. The molecule has 0 N–H and O–H groups in total. The molecule has 1 aromatic heterocycles. The molecule has 1 aliphatic rings. The van der Waals surface area contributed by atoms with Gasteiger partial charge in [0.15, 0.2) is 0 Å². The van der Waals surface area contributed by atoms with Gasteiger partial charge in [0.05, 0.1) is 25.2 Å². The van der Waals surface area contributed by atoms with Gasteiger partial charge in [0.1, 0.15) is 0 Å². The van der Waals surface area contributed by atoms with Gasteiger partial charge >= 0.3 is 0 Å². The Morgan fingerprint density at radius 1 is 1.28 bits per heavy atom. The molecular formula is C19H26N4O2. The maximum atomic E-state index is 12.6. The minimum absolute atomic E-state index is 0.0402. The second kappa shape index (κ2) is 7.80. The number of carbonyl (C=O) groups excluding carboxylic acids is 1. The Hall–Kier alpha value is -2.18. The molecular weight excluding hydrogens is 316 g/mol. The molecule has 0 aliphatic carbocycles. The molecule has 0 spiro atoms. The number of hydrogen-bond donors (Lipinski definition) is 0. The van der Waals surface area contributed by atoms with Crippen molar-refractivity contribution in [1.82, 2.24) is 19.6 Å². The van der Waals surface area contributed by atoms with Crippen LogP contribution in [0.4, 0.5) is 0 Å². The molecule has 25 heavy (non-hydrogen) atoms. The maximum absolute atomic E-state index is 12.6. The highest BCUT2D eigenvalue weighted by molar-refractivity contribution is 5.78. The topological polar surface area (TPSA) is 50.6 Å². The summed E-state index contributed by atoms with van der Waals surface area (Å²) in [4.78, 5) is 16.7. The fourth-order valence-electron chi connectivity index (χ4n) is 3.37. The average molecular weight is 342 g/mol. The Morgan fingerprint density at radius 2 is 2.04 bits per heavy atom. The summed E-state index contributed by atoms with van der Waals surface area (Å²) in [5.41, 5.74) is 2.14. The number of ether oxygens (including phenoxy) is 1. The minimum atomic E-state index is -0.0402. The van der Waals surface area contributed by atoms with Crippen LogP contribution in [-0.4, -0.2) is 65.4 Å². The number of morpholine rings is 1. The Kier molecular flexibility index (Phi) is 5.50. The molecule has 0 unspecified atom stereocenters. The van der Waals surface area contributed by atoms with Gasteiger partial charge in [-0.2, -0.15) is 5.10 Å². The molecule has 1 fully saturated rings. The lowest BCUT2D eigenvalue weighted by molar-refractivity contribution is -0.134. The summed E-state index contributed by atoms with van der Waals surface area (Å²) in [6.45, 7) is 2.15. The van der Waals surface area contributed by atoms with Crippen LogP contribution in [0.15, 0.2) is 42.6 Å². The van der Waals surface area contributed by atoms with Crippen molar-refractivity contribution in [2.45, 2.75) is 18.6 Å². The highest BCUT2D eigenvalue weighted by Crippen LogP contribution is 2.28.